The van der Waals surface area contributed by atoms with E-state index in [0.29, 0.717) is 27.8 Å². The van der Waals surface area contributed by atoms with Crippen LogP contribution in [0.25, 0.3) is 0 Å². The molecule has 0 aliphatic rings. The van der Waals surface area contributed by atoms with Crippen LogP contribution in [-0.2, 0) is 11.3 Å². The fourth-order valence-electron chi connectivity index (χ4n) is 1.44. The first-order chi connectivity index (χ1) is 8.19. The van der Waals surface area contributed by atoms with E-state index in [-0.39, 0.29) is 6.54 Å². The number of rotatable bonds is 5. The van der Waals surface area contributed by atoms with Crippen molar-refractivity contribution in [3.63, 3.8) is 0 Å². The van der Waals surface area contributed by atoms with E-state index in [1.54, 1.807) is 6.07 Å². The van der Waals surface area contributed by atoms with E-state index in [1.165, 1.54) is 27.4 Å². The summed E-state index contributed by atoms with van der Waals surface area (Å²) in [6.07, 6.45) is 1.45. The van der Waals surface area contributed by atoms with Crippen molar-refractivity contribution in [2.75, 3.05) is 21.3 Å². The fraction of sp³-hybridized carbons (Fsp3) is 0.364. The quantitative estimate of drug-likeness (QED) is 0.599. The normalized spacial score (nSPS) is 9.41. The van der Waals surface area contributed by atoms with Gasteiger partial charge in [0.1, 0.15) is 0 Å². The summed E-state index contributed by atoms with van der Waals surface area (Å²) in [4.78, 5) is 13.6. The highest BCUT2D eigenvalue weighted by Gasteiger charge is 2.19. The standard InChI is InChI=1S/C11H12ClNO4/c1-15-9-4-8(12)7(5-13-6-14)10(16-2)11(9)17-3/h4H,5H2,1-3H3. The van der Waals surface area contributed by atoms with Crippen LogP contribution in [0.4, 0.5) is 0 Å². The van der Waals surface area contributed by atoms with Gasteiger partial charge in [-0.1, -0.05) is 11.6 Å². The molecule has 0 heterocycles. The van der Waals surface area contributed by atoms with Gasteiger partial charge >= 0.3 is 0 Å². The van der Waals surface area contributed by atoms with Crippen LogP contribution in [-0.4, -0.2) is 27.4 Å². The van der Waals surface area contributed by atoms with Crippen molar-refractivity contribution in [3.05, 3.63) is 16.7 Å². The average molecular weight is 258 g/mol. The number of methoxy groups -OCH3 is 3. The van der Waals surface area contributed by atoms with E-state index >= 15 is 0 Å². The molecule has 0 aliphatic heterocycles. The second-order valence-corrected chi connectivity index (χ2v) is 3.42. The summed E-state index contributed by atoms with van der Waals surface area (Å²) >= 11 is 6.05. The van der Waals surface area contributed by atoms with Crippen LogP contribution >= 0.6 is 11.6 Å². The molecule has 1 rings (SSSR count). The second-order valence-electron chi connectivity index (χ2n) is 3.01. The largest absolute Gasteiger partial charge is 0.493 e. The Morgan fingerprint density at radius 1 is 1.24 bits per heavy atom. The molecular formula is C11H12ClNO4. The van der Waals surface area contributed by atoms with Crippen LogP contribution in [0.1, 0.15) is 5.56 Å². The molecule has 0 saturated carbocycles. The first-order valence-electron chi connectivity index (χ1n) is 4.70. The molecule has 5 nitrogen and oxygen atoms in total. The molecule has 0 aromatic heterocycles. The van der Waals surface area contributed by atoms with Gasteiger partial charge in [-0.05, 0) is 0 Å². The predicted molar refractivity (Wildman–Crippen MR) is 62.9 cm³/mol. The number of hydrogen-bond acceptors (Lipinski definition) is 5. The van der Waals surface area contributed by atoms with Crippen LogP contribution in [0.3, 0.4) is 0 Å². The minimum Gasteiger partial charge on any atom is -0.493 e. The summed E-state index contributed by atoms with van der Waals surface area (Å²) in [6.45, 7) is 0.0753. The number of nitrogens with zero attached hydrogens (tertiary/aromatic N) is 1. The molecule has 92 valence electrons. The van der Waals surface area contributed by atoms with Crippen LogP contribution in [0.2, 0.25) is 5.02 Å². The van der Waals surface area contributed by atoms with Crippen molar-refractivity contribution in [2.24, 2.45) is 4.99 Å². The molecule has 0 amide bonds. The van der Waals surface area contributed by atoms with Crippen molar-refractivity contribution in [3.8, 4) is 17.2 Å². The summed E-state index contributed by atoms with van der Waals surface area (Å²) in [6, 6.07) is 1.58. The molecule has 0 radical (unpaired) electrons. The Hall–Kier alpha value is -1.71. The summed E-state index contributed by atoms with van der Waals surface area (Å²) in [5, 5.41) is 0.388. The molecule has 0 atom stereocenters. The van der Waals surface area contributed by atoms with Gasteiger partial charge in [-0.3, -0.25) is 0 Å². The van der Waals surface area contributed by atoms with E-state index in [4.69, 9.17) is 25.8 Å². The minimum atomic E-state index is 0.0753. The first-order valence-corrected chi connectivity index (χ1v) is 5.08. The van der Waals surface area contributed by atoms with Crippen molar-refractivity contribution in [1.29, 1.82) is 0 Å². The Morgan fingerprint density at radius 3 is 2.35 bits per heavy atom. The van der Waals surface area contributed by atoms with Gasteiger partial charge in [0.15, 0.2) is 11.5 Å². The van der Waals surface area contributed by atoms with Gasteiger partial charge in [0, 0.05) is 11.6 Å². The number of carbonyl (C=O) groups excluding carboxylic acids is 1. The minimum absolute atomic E-state index is 0.0753. The second kappa shape index (κ2) is 6.13. The lowest BCUT2D eigenvalue weighted by molar-refractivity contribution is 0.322. The van der Waals surface area contributed by atoms with E-state index in [2.05, 4.69) is 4.99 Å². The molecule has 6 heteroatoms. The molecule has 0 spiro atoms. The molecule has 0 fully saturated rings. The molecule has 17 heavy (non-hydrogen) atoms. The Balaban J connectivity index is 3.42. The molecule has 1 aromatic rings. The molecular weight excluding hydrogens is 246 g/mol. The van der Waals surface area contributed by atoms with E-state index in [1.807, 2.05) is 0 Å². The average Bonchev–Trinajstić information content (AvgIpc) is 2.35. The van der Waals surface area contributed by atoms with Gasteiger partial charge in [-0.2, -0.15) is 0 Å². The van der Waals surface area contributed by atoms with Gasteiger partial charge in [0.25, 0.3) is 0 Å². The van der Waals surface area contributed by atoms with Gasteiger partial charge in [-0.15, -0.1) is 0 Å². The van der Waals surface area contributed by atoms with Crippen LogP contribution in [0.15, 0.2) is 11.1 Å². The van der Waals surface area contributed by atoms with Gasteiger partial charge in [-0.25, -0.2) is 9.79 Å². The van der Waals surface area contributed by atoms with E-state index < -0.39 is 0 Å². The monoisotopic (exact) mass is 257 g/mol. The zero-order valence-corrected chi connectivity index (χ0v) is 10.5. The lowest BCUT2D eigenvalue weighted by Crippen LogP contribution is -1.99. The fourth-order valence-corrected chi connectivity index (χ4v) is 1.69. The molecule has 0 unspecified atom stereocenters. The number of benzene rings is 1. The molecule has 0 saturated heterocycles. The Kier molecular flexibility index (Phi) is 4.82. The zero-order chi connectivity index (χ0) is 12.8. The summed E-state index contributed by atoms with van der Waals surface area (Å²) < 4.78 is 15.5. The van der Waals surface area contributed by atoms with Crippen LogP contribution in [0, 0.1) is 0 Å². The smallest absolute Gasteiger partial charge is 0.235 e. The SMILES string of the molecule is COc1cc(Cl)c(CN=C=O)c(OC)c1OC. The number of isocyanates is 1. The van der Waals surface area contributed by atoms with Gasteiger partial charge in [0.05, 0.1) is 32.9 Å². The summed E-state index contributed by atoms with van der Waals surface area (Å²) in [5.41, 5.74) is 0.551. The number of ether oxygens (including phenoxy) is 3. The topological polar surface area (TPSA) is 57.1 Å². The Bertz CT molecular complexity index is 455. The number of hydrogen-bond donors (Lipinski definition) is 0. The van der Waals surface area contributed by atoms with Gasteiger partial charge < -0.3 is 14.2 Å². The zero-order valence-electron chi connectivity index (χ0n) is 9.74. The highest BCUT2D eigenvalue weighted by molar-refractivity contribution is 6.31. The predicted octanol–water partition coefficient (Wildman–Crippen LogP) is 2.20. The van der Waals surface area contributed by atoms with E-state index in [9.17, 15) is 4.79 Å². The highest BCUT2D eigenvalue weighted by atomic mass is 35.5. The van der Waals surface area contributed by atoms with Crippen molar-refractivity contribution >= 4 is 17.7 Å². The molecule has 0 bridgehead atoms. The Morgan fingerprint density at radius 2 is 1.88 bits per heavy atom. The maximum absolute atomic E-state index is 10.1. The first kappa shape index (κ1) is 13.4. The molecule has 0 aliphatic carbocycles. The maximum Gasteiger partial charge on any atom is 0.235 e. The molecule has 0 N–H and O–H groups in total. The van der Waals surface area contributed by atoms with Crippen molar-refractivity contribution in [2.45, 2.75) is 6.54 Å². The van der Waals surface area contributed by atoms with Crippen molar-refractivity contribution in [1.82, 2.24) is 0 Å². The summed E-state index contributed by atoms with van der Waals surface area (Å²) in [7, 11) is 4.46. The van der Waals surface area contributed by atoms with E-state index in [0.717, 1.165) is 0 Å². The third kappa shape index (κ3) is 2.70. The van der Waals surface area contributed by atoms with Crippen molar-refractivity contribution < 1.29 is 19.0 Å². The molecule has 1 aromatic carbocycles. The Labute approximate surface area is 104 Å². The third-order valence-electron chi connectivity index (χ3n) is 2.18. The van der Waals surface area contributed by atoms with Gasteiger partial charge in [0.2, 0.25) is 11.8 Å². The van der Waals surface area contributed by atoms with Crippen LogP contribution in [0.5, 0.6) is 17.2 Å². The third-order valence-corrected chi connectivity index (χ3v) is 2.52. The van der Waals surface area contributed by atoms with Crippen LogP contribution < -0.4 is 14.2 Å². The lowest BCUT2D eigenvalue weighted by Gasteiger charge is -2.15. The number of halogens is 1. The highest BCUT2D eigenvalue weighted by Crippen LogP contribution is 2.43. The number of aliphatic imine (C=N–C) groups is 1. The lowest BCUT2D eigenvalue weighted by atomic mass is 10.1. The summed E-state index contributed by atoms with van der Waals surface area (Å²) in [5.74, 6) is 1.26. The maximum atomic E-state index is 10.1.